The van der Waals surface area contributed by atoms with Crippen LogP contribution < -0.4 is 15.2 Å². The highest BCUT2D eigenvalue weighted by molar-refractivity contribution is 6.31. The van der Waals surface area contributed by atoms with Crippen LogP contribution in [0.4, 0.5) is 11.5 Å². The predicted molar refractivity (Wildman–Crippen MR) is 125 cm³/mol. The molecule has 9 heteroatoms. The van der Waals surface area contributed by atoms with Crippen molar-refractivity contribution in [3.05, 3.63) is 99.1 Å². The fourth-order valence-corrected chi connectivity index (χ4v) is 5.12. The van der Waals surface area contributed by atoms with Crippen molar-refractivity contribution >= 4 is 45.9 Å². The van der Waals surface area contributed by atoms with Crippen LogP contribution in [0.3, 0.4) is 0 Å². The van der Waals surface area contributed by atoms with Gasteiger partial charge in [-0.3, -0.25) is 19.3 Å². The molecule has 1 unspecified atom stereocenters. The molecular weight excluding hydrogens is 458 g/mol. The summed E-state index contributed by atoms with van der Waals surface area (Å²) in [6.07, 6.45) is 1.58. The molecule has 0 saturated carbocycles. The van der Waals surface area contributed by atoms with Crippen LogP contribution in [0.15, 0.2) is 74.9 Å². The Labute approximate surface area is 197 Å². The maximum atomic E-state index is 14.2. The molecule has 0 aliphatic carbocycles. The van der Waals surface area contributed by atoms with E-state index in [1.54, 1.807) is 49.4 Å². The van der Waals surface area contributed by atoms with Crippen molar-refractivity contribution in [1.29, 1.82) is 0 Å². The Bertz CT molecular complexity index is 1620. The van der Waals surface area contributed by atoms with Crippen LogP contribution in [0.5, 0.6) is 0 Å². The predicted octanol–water partition coefficient (Wildman–Crippen LogP) is 4.18. The summed E-state index contributed by atoms with van der Waals surface area (Å²) in [6, 6.07) is 13.1. The Hall–Kier alpha value is -4.17. The zero-order valence-electron chi connectivity index (χ0n) is 17.9. The van der Waals surface area contributed by atoms with Gasteiger partial charge in [-0.2, -0.15) is 0 Å². The van der Waals surface area contributed by atoms with Crippen LogP contribution >= 0.6 is 11.6 Å². The molecule has 0 N–H and O–H groups in total. The van der Waals surface area contributed by atoms with Crippen LogP contribution in [-0.2, 0) is 10.3 Å². The third-order valence-electron chi connectivity index (χ3n) is 6.24. The first-order chi connectivity index (χ1) is 16.4. The number of anilines is 2. The second-order valence-electron chi connectivity index (χ2n) is 8.14. The van der Waals surface area contributed by atoms with E-state index in [4.69, 9.17) is 20.5 Å². The van der Waals surface area contributed by atoms with Gasteiger partial charge in [-0.1, -0.05) is 41.0 Å². The van der Waals surface area contributed by atoms with Crippen molar-refractivity contribution in [2.24, 2.45) is 0 Å². The van der Waals surface area contributed by atoms with E-state index in [9.17, 15) is 14.4 Å². The first kappa shape index (κ1) is 20.4. The standard InChI is InChI=1S/C25H16ClN3O5/c1-3-10-28-17-7-5-4-6-16(17)25(24(28)32)20-21(30)15-12-14(26)8-9-18(15)33-22(20)23(31)29(25)19-11-13(2)34-27-19/h3-9,11-12H,1,10H2,2H3. The average Bonchev–Trinajstić information content (AvgIpc) is 3.43. The summed E-state index contributed by atoms with van der Waals surface area (Å²) in [5, 5.41) is 4.51. The fraction of sp³-hybridized carbons (Fsp3) is 0.120. The summed E-state index contributed by atoms with van der Waals surface area (Å²) in [4.78, 5) is 44.7. The number of aromatic nitrogens is 1. The monoisotopic (exact) mass is 473 g/mol. The molecule has 0 radical (unpaired) electrons. The highest BCUT2D eigenvalue weighted by Gasteiger charge is 2.66. The number of carbonyl (C=O) groups excluding carboxylic acids is 2. The van der Waals surface area contributed by atoms with Crippen LogP contribution in [-0.4, -0.2) is 23.5 Å². The van der Waals surface area contributed by atoms with Gasteiger partial charge in [0.05, 0.1) is 16.6 Å². The lowest BCUT2D eigenvalue weighted by molar-refractivity contribution is -0.121. The number of nitrogens with zero attached hydrogens (tertiary/aromatic N) is 3. The molecular formula is C25H16ClN3O5. The number of rotatable bonds is 3. The van der Waals surface area contributed by atoms with Crippen molar-refractivity contribution in [3.8, 4) is 0 Å². The minimum atomic E-state index is -1.83. The maximum absolute atomic E-state index is 14.2. The lowest BCUT2D eigenvalue weighted by atomic mass is 9.84. The van der Waals surface area contributed by atoms with E-state index in [1.165, 1.54) is 21.9 Å². The van der Waals surface area contributed by atoms with Gasteiger partial charge in [-0.05, 0) is 31.2 Å². The average molecular weight is 474 g/mol. The molecule has 2 aromatic heterocycles. The molecule has 2 aliphatic heterocycles. The van der Waals surface area contributed by atoms with E-state index in [2.05, 4.69) is 11.7 Å². The van der Waals surface area contributed by atoms with Crippen LogP contribution in [0, 0.1) is 6.92 Å². The molecule has 2 aliphatic rings. The van der Waals surface area contributed by atoms with Gasteiger partial charge in [0.25, 0.3) is 11.8 Å². The minimum absolute atomic E-state index is 0.0723. The second-order valence-corrected chi connectivity index (χ2v) is 8.58. The Morgan fingerprint density at radius 3 is 2.68 bits per heavy atom. The van der Waals surface area contributed by atoms with E-state index in [1.807, 2.05) is 0 Å². The number of para-hydroxylation sites is 1. The van der Waals surface area contributed by atoms with Gasteiger partial charge in [0.2, 0.25) is 5.76 Å². The van der Waals surface area contributed by atoms with Crippen LogP contribution in [0.25, 0.3) is 11.0 Å². The molecule has 0 fully saturated rings. The molecule has 2 aromatic carbocycles. The molecule has 34 heavy (non-hydrogen) atoms. The van der Waals surface area contributed by atoms with Crippen molar-refractivity contribution in [2.75, 3.05) is 16.3 Å². The molecule has 2 amide bonds. The third-order valence-corrected chi connectivity index (χ3v) is 6.48. The van der Waals surface area contributed by atoms with Gasteiger partial charge in [0, 0.05) is 23.2 Å². The van der Waals surface area contributed by atoms with E-state index in [0.717, 1.165) is 0 Å². The van der Waals surface area contributed by atoms with Crippen LogP contribution in [0.2, 0.25) is 5.02 Å². The highest BCUT2D eigenvalue weighted by atomic mass is 35.5. The molecule has 0 bridgehead atoms. The summed E-state index contributed by atoms with van der Waals surface area (Å²) in [6.45, 7) is 5.61. The first-order valence-corrected chi connectivity index (χ1v) is 10.8. The molecule has 6 rings (SSSR count). The topological polar surface area (TPSA) is 96.9 Å². The lowest BCUT2D eigenvalue weighted by Gasteiger charge is -2.32. The van der Waals surface area contributed by atoms with Gasteiger partial charge >= 0.3 is 0 Å². The highest BCUT2D eigenvalue weighted by Crippen LogP contribution is 2.53. The normalized spacial score (nSPS) is 18.8. The molecule has 4 aromatic rings. The lowest BCUT2D eigenvalue weighted by Crippen LogP contribution is -2.54. The van der Waals surface area contributed by atoms with E-state index in [0.29, 0.717) is 22.0 Å². The number of carbonyl (C=O) groups is 2. The van der Waals surface area contributed by atoms with Gasteiger partial charge in [-0.25, -0.2) is 0 Å². The zero-order chi connectivity index (χ0) is 23.8. The van der Waals surface area contributed by atoms with Crippen molar-refractivity contribution < 1.29 is 18.5 Å². The zero-order valence-corrected chi connectivity index (χ0v) is 18.6. The number of aryl methyl sites for hydroxylation is 1. The minimum Gasteiger partial charge on any atom is -0.450 e. The van der Waals surface area contributed by atoms with Crippen molar-refractivity contribution in [2.45, 2.75) is 12.5 Å². The smallest absolute Gasteiger partial charge is 0.297 e. The van der Waals surface area contributed by atoms with Gasteiger partial charge in [0.15, 0.2) is 16.8 Å². The van der Waals surface area contributed by atoms with Gasteiger partial charge in [-0.15, -0.1) is 6.58 Å². The second kappa shape index (κ2) is 6.91. The van der Waals surface area contributed by atoms with Gasteiger partial charge < -0.3 is 13.8 Å². The summed E-state index contributed by atoms with van der Waals surface area (Å²) < 4.78 is 11.2. The largest absolute Gasteiger partial charge is 0.450 e. The van der Waals surface area contributed by atoms with Gasteiger partial charge in [0.1, 0.15) is 11.3 Å². The summed E-state index contributed by atoms with van der Waals surface area (Å²) in [5.41, 5.74) is -1.20. The quantitative estimate of drug-likeness (QED) is 0.414. The number of fused-ring (bicyclic) bond motifs is 5. The summed E-state index contributed by atoms with van der Waals surface area (Å²) >= 11 is 6.16. The number of hydrogen-bond acceptors (Lipinski definition) is 6. The Morgan fingerprint density at radius 2 is 1.94 bits per heavy atom. The number of amides is 2. The summed E-state index contributed by atoms with van der Waals surface area (Å²) in [5.74, 6) is -0.842. The first-order valence-electron chi connectivity index (χ1n) is 10.5. The summed E-state index contributed by atoms with van der Waals surface area (Å²) in [7, 11) is 0. The molecule has 4 heterocycles. The van der Waals surface area contributed by atoms with Crippen LogP contribution in [0.1, 0.15) is 27.4 Å². The van der Waals surface area contributed by atoms with Crippen molar-refractivity contribution in [3.63, 3.8) is 0 Å². The Balaban J connectivity index is 1.79. The number of hydrogen-bond donors (Lipinski definition) is 0. The fourth-order valence-electron chi connectivity index (χ4n) is 4.95. The Kier molecular flexibility index (Phi) is 4.16. The van der Waals surface area contributed by atoms with E-state index in [-0.39, 0.29) is 34.7 Å². The molecule has 1 atom stereocenters. The Morgan fingerprint density at radius 1 is 1.15 bits per heavy atom. The molecule has 1 spiro atoms. The molecule has 8 nitrogen and oxygen atoms in total. The SMILES string of the molecule is C=CCN1C(=O)C2(c3ccccc31)c1c(oc3ccc(Cl)cc3c1=O)C(=O)N2c1cc(C)on1. The molecule has 168 valence electrons. The molecule has 0 saturated heterocycles. The van der Waals surface area contributed by atoms with E-state index < -0.39 is 22.8 Å². The third kappa shape index (κ3) is 2.38. The maximum Gasteiger partial charge on any atom is 0.297 e. The number of halogens is 1. The van der Waals surface area contributed by atoms with Crippen molar-refractivity contribution in [1.82, 2.24) is 5.16 Å². The van der Waals surface area contributed by atoms with E-state index >= 15 is 0 Å². The number of benzene rings is 2.